The van der Waals surface area contributed by atoms with Crippen LogP contribution in [-0.2, 0) is 12.0 Å². The van der Waals surface area contributed by atoms with Crippen molar-refractivity contribution in [1.29, 1.82) is 0 Å². The molecule has 5 heteroatoms. The van der Waals surface area contributed by atoms with Crippen LogP contribution in [0.5, 0.6) is 0 Å². The van der Waals surface area contributed by atoms with Crippen LogP contribution in [0, 0.1) is 0 Å². The van der Waals surface area contributed by atoms with Gasteiger partial charge in [-0.05, 0) is 50.7 Å². The Morgan fingerprint density at radius 3 is 2.88 bits per heavy atom. The molecule has 2 N–H and O–H groups in total. The molecule has 5 nitrogen and oxygen atoms in total. The number of hydrogen-bond donors (Lipinski definition) is 2. The molecule has 1 heterocycles. The summed E-state index contributed by atoms with van der Waals surface area (Å²) in [5, 5.41) is 18.4. The smallest absolute Gasteiger partial charge is 0.254 e. The van der Waals surface area contributed by atoms with Crippen LogP contribution in [0.4, 0.5) is 0 Å². The van der Waals surface area contributed by atoms with E-state index in [4.69, 9.17) is 0 Å². The van der Waals surface area contributed by atoms with E-state index in [1.165, 1.54) is 5.56 Å². The number of rotatable bonds is 5. The number of aryl methyl sites for hydroxylation is 1. The van der Waals surface area contributed by atoms with Crippen molar-refractivity contribution in [3.8, 4) is 0 Å². The summed E-state index contributed by atoms with van der Waals surface area (Å²) in [6, 6.07) is 8.18. The second kappa shape index (κ2) is 5.99. The van der Waals surface area contributed by atoms with Crippen LogP contribution in [0.15, 0.2) is 30.5 Å². The molecule has 1 fully saturated rings. The number of carbonyl (C=O) groups excluding carboxylic acids is 1. The van der Waals surface area contributed by atoms with E-state index < -0.39 is 5.60 Å². The Hall–Kier alpha value is -2.14. The lowest BCUT2D eigenvalue weighted by molar-refractivity contribution is 0.0369. The van der Waals surface area contributed by atoms with Crippen LogP contribution in [-0.4, -0.2) is 27.3 Å². The van der Waals surface area contributed by atoms with E-state index in [1.807, 2.05) is 28.9 Å². The van der Waals surface area contributed by atoms with Crippen LogP contribution >= 0.6 is 0 Å². The molecular weight excluding hydrogens is 314 g/mol. The Morgan fingerprint density at radius 1 is 1.40 bits per heavy atom. The first-order valence-electron chi connectivity index (χ1n) is 9.16. The second-order valence-electron chi connectivity index (χ2n) is 7.63. The average molecular weight is 339 g/mol. The van der Waals surface area contributed by atoms with Crippen molar-refractivity contribution < 1.29 is 9.90 Å². The summed E-state index contributed by atoms with van der Waals surface area (Å²) in [4.78, 5) is 12.8. The number of fused-ring (bicyclic) bond motifs is 1. The first-order chi connectivity index (χ1) is 12.0. The van der Waals surface area contributed by atoms with Crippen molar-refractivity contribution in [1.82, 2.24) is 15.1 Å². The summed E-state index contributed by atoms with van der Waals surface area (Å²) in [5.41, 5.74) is 2.85. The van der Waals surface area contributed by atoms with Crippen LogP contribution < -0.4 is 5.32 Å². The molecule has 0 spiro atoms. The van der Waals surface area contributed by atoms with Crippen molar-refractivity contribution in [3.63, 3.8) is 0 Å². The van der Waals surface area contributed by atoms with Crippen molar-refractivity contribution in [2.24, 2.45) is 0 Å². The third-order valence-electron chi connectivity index (χ3n) is 5.40. The fourth-order valence-corrected chi connectivity index (χ4v) is 3.90. The van der Waals surface area contributed by atoms with Crippen molar-refractivity contribution in [2.75, 3.05) is 6.54 Å². The van der Waals surface area contributed by atoms with E-state index in [-0.39, 0.29) is 18.5 Å². The molecule has 132 valence electrons. The van der Waals surface area contributed by atoms with E-state index in [0.29, 0.717) is 17.9 Å². The third kappa shape index (κ3) is 2.86. The van der Waals surface area contributed by atoms with E-state index in [1.54, 1.807) is 6.20 Å². The number of benzene rings is 1. The number of aliphatic hydroxyl groups is 1. The predicted octanol–water partition coefficient (Wildman–Crippen LogP) is 2.91. The zero-order valence-corrected chi connectivity index (χ0v) is 14.8. The second-order valence-corrected chi connectivity index (χ2v) is 7.63. The van der Waals surface area contributed by atoms with Gasteiger partial charge in [0.25, 0.3) is 5.91 Å². The molecule has 2 aliphatic carbocycles. The maximum atomic E-state index is 12.8. The molecule has 2 aliphatic rings. The van der Waals surface area contributed by atoms with Gasteiger partial charge in [0.05, 0.1) is 24.0 Å². The van der Waals surface area contributed by atoms with Crippen LogP contribution in [0.2, 0.25) is 0 Å². The Balaban J connectivity index is 1.52. The van der Waals surface area contributed by atoms with Gasteiger partial charge in [0.2, 0.25) is 0 Å². The molecule has 0 saturated heterocycles. The Kier molecular flexibility index (Phi) is 3.91. The van der Waals surface area contributed by atoms with E-state index in [9.17, 15) is 9.90 Å². The molecule has 0 aliphatic heterocycles. The first kappa shape index (κ1) is 16.3. The van der Waals surface area contributed by atoms with Gasteiger partial charge in [0, 0.05) is 12.0 Å². The highest BCUT2D eigenvalue weighted by Crippen LogP contribution is 2.42. The molecule has 1 aromatic carbocycles. The van der Waals surface area contributed by atoms with Gasteiger partial charge in [-0.15, -0.1) is 0 Å². The van der Waals surface area contributed by atoms with Crippen LogP contribution in [0.3, 0.4) is 0 Å². The minimum atomic E-state index is -0.972. The molecule has 0 radical (unpaired) electrons. The summed E-state index contributed by atoms with van der Waals surface area (Å²) in [7, 11) is 0. The van der Waals surface area contributed by atoms with E-state index in [2.05, 4.69) is 24.3 Å². The van der Waals surface area contributed by atoms with Gasteiger partial charge in [-0.3, -0.25) is 9.48 Å². The molecule has 1 unspecified atom stereocenters. The van der Waals surface area contributed by atoms with Crippen molar-refractivity contribution >= 4 is 5.91 Å². The zero-order chi connectivity index (χ0) is 17.6. The average Bonchev–Trinajstić information content (AvgIpc) is 3.25. The molecule has 4 rings (SSSR count). The summed E-state index contributed by atoms with van der Waals surface area (Å²) in [6.45, 7) is 4.40. The number of carbonyl (C=O) groups is 1. The minimum Gasteiger partial charge on any atom is -0.383 e. The Morgan fingerprint density at radius 2 is 2.16 bits per heavy atom. The summed E-state index contributed by atoms with van der Waals surface area (Å²) >= 11 is 0. The Bertz CT molecular complexity index is 807. The van der Waals surface area contributed by atoms with Gasteiger partial charge in [-0.1, -0.05) is 24.3 Å². The minimum absolute atomic E-state index is 0.133. The molecule has 25 heavy (non-hydrogen) atoms. The van der Waals surface area contributed by atoms with E-state index >= 15 is 0 Å². The molecular formula is C20H25N3O2. The quantitative estimate of drug-likeness (QED) is 0.880. The zero-order valence-electron chi connectivity index (χ0n) is 14.8. The molecule has 2 aromatic rings. The molecule has 1 atom stereocenters. The summed E-state index contributed by atoms with van der Waals surface area (Å²) < 4.78 is 1.96. The summed E-state index contributed by atoms with van der Waals surface area (Å²) in [6.07, 6.45) is 5.41. The highest BCUT2D eigenvalue weighted by atomic mass is 16.3. The van der Waals surface area contributed by atoms with Gasteiger partial charge in [0.1, 0.15) is 5.60 Å². The summed E-state index contributed by atoms with van der Waals surface area (Å²) in [5.74, 6) is 0.313. The predicted molar refractivity (Wildman–Crippen MR) is 95.6 cm³/mol. The number of nitrogens with zero attached hydrogens (tertiary/aromatic N) is 2. The largest absolute Gasteiger partial charge is 0.383 e. The SMILES string of the molecule is CC(C)n1ncc(C(=O)NCC2(O)CCc3ccccc32)c1C1CC1. The lowest BCUT2D eigenvalue weighted by Gasteiger charge is -2.24. The molecule has 1 amide bonds. The maximum absolute atomic E-state index is 12.8. The molecule has 0 bridgehead atoms. The monoisotopic (exact) mass is 339 g/mol. The fourth-order valence-electron chi connectivity index (χ4n) is 3.90. The van der Waals surface area contributed by atoms with Gasteiger partial charge in [-0.2, -0.15) is 5.10 Å². The van der Waals surface area contributed by atoms with Gasteiger partial charge in [-0.25, -0.2) is 0 Å². The number of hydrogen-bond acceptors (Lipinski definition) is 3. The number of nitrogens with one attached hydrogen (secondary N) is 1. The Labute approximate surface area is 148 Å². The molecule has 1 saturated carbocycles. The van der Waals surface area contributed by atoms with Gasteiger partial charge >= 0.3 is 0 Å². The van der Waals surface area contributed by atoms with Gasteiger partial charge < -0.3 is 10.4 Å². The third-order valence-corrected chi connectivity index (χ3v) is 5.40. The van der Waals surface area contributed by atoms with E-state index in [0.717, 1.165) is 30.5 Å². The number of amides is 1. The fraction of sp³-hybridized carbons (Fsp3) is 0.500. The van der Waals surface area contributed by atoms with Crippen LogP contribution in [0.25, 0.3) is 0 Å². The van der Waals surface area contributed by atoms with Crippen LogP contribution in [0.1, 0.15) is 72.2 Å². The van der Waals surface area contributed by atoms with Crippen molar-refractivity contribution in [2.45, 2.75) is 57.1 Å². The highest BCUT2D eigenvalue weighted by molar-refractivity contribution is 5.95. The lowest BCUT2D eigenvalue weighted by Crippen LogP contribution is -2.39. The normalized spacial score (nSPS) is 22.2. The van der Waals surface area contributed by atoms with Crippen molar-refractivity contribution in [3.05, 3.63) is 52.8 Å². The lowest BCUT2D eigenvalue weighted by atomic mass is 9.96. The maximum Gasteiger partial charge on any atom is 0.254 e. The first-order valence-corrected chi connectivity index (χ1v) is 9.16. The molecule has 1 aromatic heterocycles. The van der Waals surface area contributed by atoms with Gasteiger partial charge in [0.15, 0.2) is 0 Å². The standard InChI is InChI=1S/C20H25N3O2/c1-13(2)23-18(15-7-8-15)16(11-22-23)19(24)21-12-20(25)10-9-14-5-3-4-6-17(14)20/h3-6,11,13,15,25H,7-10,12H2,1-2H3,(H,21,24). The highest BCUT2D eigenvalue weighted by Gasteiger charge is 2.38. The number of aromatic nitrogens is 2. The topological polar surface area (TPSA) is 67.2 Å².